The average Bonchev–Trinajstić information content (AvgIpc) is 3.01. The first-order valence-corrected chi connectivity index (χ1v) is 10.1. The third kappa shape index (κ3) is 2.61. The second kappa shape index (κ2) is 6.46. The van der Waals surface area contributed by atoms with Crippen LogP contribution < -0.4 is 4.31 Å². The molecule has 26 heavy (non-hydrogen) atoms. The summed E-state index contributed by atoms with van der Waals surface area (Å²) in [6.45, 7) is 7.25. The molecule has 0 saturated heterocycles. The number of fused-ring (bicyclic) bond motifs is 1. The second-order valence-electron chi connectivity index (χ2n) is 6.65. The standard InChI is InChI=1S/C19H24N2O4S/c1-6-25-19(22)17-13(3)18(14(4)20(17)5)26(23,24)21-12(2)11-15-9-7-8-10-16(15)21/h7-10,12H,6,11H2,1-5H3/t12-/m1/s1. The van der Waals surface area contributed by atoms with Crippen LogP contribution in [0.5, 0.6) is 0 Å². The molecule has 1 aromatic heterocycles. The highest BCUT2D eigenvalue weighted by atomic mass is 32.2. The van der Waals surface area contributed by atoms with Crippen molar-refractivity contribution in [2.45, 2.75) is 45.1 Å². The van der Waals surface area contributed by atoms with E-state index in [4.69, 9.17) is 4.74 Å². The molecule has 2 aromatic rings. The molecule has 0 bridgehead atoms. The van der Waals surface area contributed by atoms with Crippen LogP contribution in [0.2, 0.25) is 0 Å². The van der Waals surface area contributed by atoms with Gasteiger partial charge in [-0.1, -0.05) is 18.2 Å². The molecular weight excluding hydrogens is 352 g/mol. The molecule has 0 aliphatic carbocycles. The van der Waals surface area contributed by atoms with Gasteiger partial charge in [0.2, 0.25) is 0 Å². The second-order valence-corrected chi connectivity index (χ2v) is 8.40. The fourth-order valence-corrected chi connectivity index (χ4v) is 6.00. The third-order valence-corrected chi connectivity index (χ3v) is 7.19. The van der Waals surface area contributed by atoms with E-state index in [0.29, 0.717) is 23.4 Å². The molecule has 0 N–H and O–H groups in total. The average molecular weight is 376 g/mol. The lowest BCUT2D eigenvalue weighted by Crippen LogP contribution is -2.36. The molecule has 140 valence electrons. The molecule has 0 fully saturated rings. The third-order valence-electron chi connectivity index (χ3n) is 4.99. The van der Waals surface area contributed by atoms with Gasteiger partial charge in [0.25, 0.3) is 10.0 Å². The van der Waals surface area contributed by atoms with Crippen LogP contribution in [0.25, 0.3) is 0 Å². The number of sulfonamides is 1. The van der Waals surface area contributed by atoms with Gasteiger partial charge in [-0.15, -0.1) is 0 Å². The van der Waals surface area contributed by atoms with Crippen molar-refractivity contribution in [2.75, 3.05) is 10.9 Å². The molecule has 0 saturated carbocycles. The minimum absolute atomic E-state index is 0.178. The highest BCUT2D eigenvalue weighted by Gasteiger charge is 2.39. The molecule has 1 atom stereocenters. The minimum atomic E-state index is -3.81. The molecule has 0 spiro atoms. The summed E-state index contributed by atoms with van der Waals surface area (Å²) in [5.41, 5.74) is 2.96. The first-order valence-electron chi connectivity index (χ1n) is 8.67. The molecule has 0 amide bonds. The van der Waals surface area contributed by atoms with Crippen LogP contribution in [0.15, 0.2) is 29.2 Å². The zero-order valence-electron chi connectivity index (χ0n) is 15.7. The van der Waals surface area contributed by atoms with Gasteiger partial charge >= 0.3 is 5.97 Å². The van der Waals surface area contributed by atoms with Crippen molar-refractivity contribution in [2.24, 2.45) is 7.05 Å². The number of hydrogen-bond donors (Lipinski definition) is 0. The van der Waals surface area contributed by atoms with Gasteiger partial charge in [0.15, 0.2) is 0 Å². The molecule has 2 heterocycles. The number of carbonyl (C=O) groups is 1. The number of nitrogens with zero attached hydrogens (tertiary/aromatic N) is 2. The van der Waals surface area contributed by atoms with Crippen molar-refractivity contribution in [3.8, 4) is 0 Å². The van der Waals surface area contributed by atoms with Gasteiger partial charge in [0, 0.05) is 24.3 Å². The van der Waals surface area contributed by atoms with E-state index in [1.54, 1.807) is 32.4 Å². The highest BCUT2D eigenvalue weighted by Crippen LogP contribution is 2.39. The summed E-state index contributed by atoms with van der Waals surface area (Å²) in [6.07, 6.45) is 0.672. The number of para-hydroxylation sites is 1. The van der Waals surface area contributed by atoms with Crippen LogP contribution >= 0.6 is 0 Å². The predicted octanol–water partition coefficient (Wildman–Crippen LogP) is 2.96. The number of hydrogen-bond acceptors (Lipinski definition) is 4. The van der Waals surface area contributed by atoms with E-state index >= 15 is 0 Å². The Morgan fingerprint density at radius 3 is 2.58 bits per heavy atom. The maximum Gasteiger partial charge on any atom is 0.355 e. The van der Waals surface area contributed by atoms with Crippen LogP contribution in [-0.4, -0.2) is 31.6 Å². The fraction of sp³-hybridized carbons (Fsp3) is 0.421. The fourth-order valence-electron chi connectivity index (χ4n) is 3.82. The van der Waals surface area contributed by atoms with Crippen LogP contribution in [0.3, 0.4) is 0 Å². The number of aromatic nitrogens is 1. The largest absolute Gasteiger partial charge is 0.461 e. The van der Waals surface area contributed by atoms with E-state index in [1.165, 1.54) is 4.31 Å². The zero-order chi connectivity index (χ0) is 19.2. The van der Waals surface area contributed by atoms with Gasteiger partial charge in [-0.05, 0) is 45.7 Å². The minimum Gasteiger partial charge on any atom is -0.461 e. The van der Waals surface area contributed by atoms with Gasteiger partial charge in [0.05, 0.1) is 12.3 Å². The quantitative estimate of drug-likeness (QED) is 0.770. The van der Waals surface area contributed by atoms with Crippen molar-refractivity contribution in [1.29, 1.82) is 0 Å². The van der Waals surface area contributed by atoms with E-state index in [9.17, 15) is 13.2 Å². The smallest absolute Gasteiger partial charge is 0.355 e. The van der Waals surface area contributed by atoms with Crippen molar-refractivity contribution >= 4 is 21.7 Å². The van der Waals surface area contributed by atoms with E-state index in [1.807, 2.05) is 31.2 Å². The van der Waals surface area contributed by atoms with Crippen LogP contribution in [0, 0.1) is 13.8 Å². The summed E-state index contributed by atoms with van der Waals surface area (Å²) in [5.74, 6) is -0.507. The molecule has 0 unspecified atom stereocenters. The number of rotatable bonds is 4. The summed E-state index contributed by atoms with van der Waals surface area (Å²) >= 11 is 0. The molecule has 6 nitrogen and oxygen atoms in total. The van der Waals surface area contributed by atoms with Gasteiger partial charge in [0.1, 0.15) is 10.6 Å². The molecule has 1 aromatic carbocycles. The molecule has 7 heteroatoms. The highest BCUT2D eigenvalue weighted by molar-refractivity contribution is 7.93. The van der Waals surface area contributed by atoms with Crippen molar-refractivity contribution < 1.29 is 17.9 Å². The Balaban J connectivity index is 2.18. The Hall–Kier alpha value is -2.28. The van der Waals surface area contributed by atoms with Gasteiger partial charge in [-0.25, -0.2) is 13.2 Å². The lowest BCUT2D eigenvalue weighted by Gasteiger charge is -2.25. The van der Waals surface area contributed by atoms with E-state index in [2.05, 4.69) is 0 Å². The first kappa shape index (κ1) is 18.5. The molecular formula is C19H24N2O4S. The van der Waals surface area contributed by atoms with E-state index in [-0.39, 0.29) is 23.2 Å². The van der Waals surface area contributed by atoms with Crippen LogP contribution in [-0.2, 0) is 28.2 Å². The number of carbonyl (C=O) groups excluding carboxylic acids is 1. The summed E-state index contributed by atoms with van der Waals surface area (Å²) in [4.78, 5) is 12.5. The number of benzene rings is 1. The summed E-state index contributed by atoms with van der Waals surface area (Å²) in [6, 6.07) is 7.36. The van der Waals surface area contributed by atoms with Crippen LogP contribution in [0.4, 0.5) is 5.69 Å². The summed E-state index contributed by atoms with van der Waals surface area (Å²) < 4.78 is 35.3. The molecule has 3 rings (SSSR count). The Kier molecular flexibility index (Phi) is 4.60. The molecule has 0 radical (unpaired) electrons. The van der Waals surface area contributed by atoms with Gasteiger partial charge < -0.3 is 9.30 Å². The van der Waals surface area contributed by atoms with E-state index in [0.717, 1.165) is 5.56 Å². The van der Waals surface area contributed by atoms with Gasteiger partial charge in [-0.2, -0.15) is 0 Å². The molecule has 1 aliphatic rings. The normalized spacial score (nSPS) is 16.7. The first-order chi connectivity index (χ1) is 12.2. The van der Waals surface area contributed by atoms with E-state index < -0.39 is 16.0 Å². The van der Waals surface area contributed by atoms with Crippen molar-refractivity contribution in [1.82, 2.24) is 4.57 Å². The Morgan fingerprint density at radius 2 is 1.92 bits per heavy atom. The number of anilines is 1. The van der Waals surface area contributed by atoms with Gasteiger partial charge in [-0.3, -0.25) is 4.31 Å². The lowest BCUT2D eigenvalue weighted by atomic mass is 10.1. The zero-order valence-corrected chi connectivity index (χ0v) is 16.6. The van der Waals surface area contributed by atoms with Crippen molar-refractivity contribution in [3.63, 3.8) is 0 Å². The summed E-state index contributed by atoms with van der Waals surface area (Å²) in [7, 11) is -2.12. The predicted molar refractivity (Wildman–Crippen MR) is 100 cm³/mol. The Morgan fingerprint density at radius 1 is 1.27 bits per heavy atom. The summed E-state index contributed by atoms with van der Waals surface area (Å²) in [5, 5.41) is 0. The van der Waals surface area contributed by atoms with Crippen LogP contribution in [0.1, 0.15) is 41.2 Å². The Bertz CT molecular complexity index is 976. The number of esters is 1. The maximum atomic E-state index is 13.6. The Labute approximate surface area is 154 Å². The SMILES string of the molecule is CCOC(=O)c1c(C)c(S(=O)(=O)N2c3ccccc3C[C@H]2C)c(C)n1C. The topological polar surface area (TPSA) is 68.6 Å². The van der Waals surface area contributed by atoms with Crippen molar-refractivity contribution in [3.05, 3.63) is 46.8 Å². The maximum absolute atomic E-state index is 13.6. The monoisotopic (exact) mass is 376 g/mol. The lowest BCUT2D eigenvalue weighted by molar-refractivity contribution is 0.0514. The number of ether oxygens (including phenoxy) is 1. The molecule has 1 aliphatic heterocycles.